The van der Waals surface area contributed by atoms with Crippen LogP contribution in [0.4, 0.5) is 0 Å². The Morgan fingerprint density at radius 2 is 1.14 bits per heavy atom. The third-order valence-electron chi connectivity index (χ3n) is 3.47. The molecule has 0 aliphatic rings. The maximum absolute atomic E-state index is 5.72. The van der Waals surface area contributed by atoms with Crippen LogP contribution in [-0.2, 0) is 6.42 Å². The van der Waals surface area contributed by atoms with Crippen molar-refractivity contribution in [1.29, 1.82) is 0 Å². The van der Waals surface area contributed by atoms with Gasteiger partial charge in [-0.2, -0.15) is 0 Å². The number of unbranched alkanes of at least 4 members (excludes halogenated alkanes) is 1. The molecule has 3 nitrogen and oxygen atoms in total. The van der Waals surface area contributed by atoms with Crippen molar-refractivity contribution in [3.63, 3.8) is 0 Å². The summed E-state index contributed by atoms with van der Waals surface area (Å²) in [5.41, 5.74) is 1.33. The summed E-state index contributed by atoms with van der Waals surface area (Å²) in [6.07, 6.45) is 3.01. The maximum atomic E-state index is 5.72. The molecule has 0 aliphatic heterocycles. The first kappa shape index (κ1) is 16.2. The highest BCUT2D eigenvalue weighted by molar-refractivity contribution is 5.31. The first-order valence-corrected chi connectivity index (χ1v) is 7.80. The summed E-state index contributed by atoms with van der Waals surface area (Å²) in [6.45, 7) is 3.57. The average molecular weight is 300 g/mol. The highest BCUT2D eigenvalue weighted by Crippen LogP contribution is 2.17. The Morgan fingerprint density at radius 1 is 0.682 bits per heavy atom. The SMILES string of the molecule is CCc1ccc(OCCCCOc2ccc(OC)cc2)cc1. The fraction of sp³-hybridized carbons (Fsp3) is 0.368. The van der Waals surface area contributed by atoms with Crippen LogP contribution in [0, 0.1) is 0 Å². The summed E-state index contributed by atoms with van der Waals surface area (Å²) in [5, 5.41) is 0. The Bertz CT molecular complexity index is 480. The Balaban J connectivity index is 1.58. The molecule has 0 saturated heterocycles. The lowest BCUT2D eigenvalue weighted by Gasteiger charge is -2.08. The van der Waals surface area contributed by atoms with Gasteiger partial charge in [-0.1, -0.05) is 19.1 Å². The minimum absolute atomic E-state index is 0.699. The Hall–Kier alpha value is -2.16. The summed E-state index contributed by atoms with van der Waals surface area (Å²) in [5.74, 6) is 2.65. The van der Waals surface area contributed by atoms with E-state index in [1.54, 1.807) is 7.11 Å². The average Bonchev–Trinajstić information content (AvgIpc) is 2.59. The van der Waals surface area contributed by atoms with Gasteiger partial charge in [-0.05, 0) is 61.2 Å². The molecule has 0 heterocycles. The lowest BCUT2D eigenvalue weighted by atomic mass is 10.2. The number of hydrogen-bond acceptors (Lipinski definition) is 3. The minimum Gasteiger partial charge on any atom is -0.497 e. The largest absolute Gasteiger partial charge is 0.497 e. The Labute approximate surface area is 132 Å². The monoisotopic (exact) mass is 300 g/mol. The van der Waals surface area contributed by atoms with Crippen LogP contribution in [0.5, 0.6) is 17.2 Å². The van der Waals surface area contributed by atoms with Crippen molar-refractivity contribution in [2.45, 2.75) is 26.2 Å². The number of benzene rings is 2. The van der Waals surface area contributed by atoms with E-state index < -0.39 is 0 Å². The molecule has 0 unspecified atom stereocenters. The van der Waals surface area contributed by atoms with E-state index in [2.05, 4.69) is 19.1 Å². The number of methoxy groups -OCH3 is 1. The van der Waals surface area contributed by atoms with Crippen LogP contribution in [0.2, 0.25) is 0 Å². The van der Waals surface area contributed by atoms with E-state index in [4.69, 9.17) is 14.2 Å². The molecule has 3 heteroatoms. The molecule has 0 amide bonds. The van der Waals surface area contributed by atoms with Crippen molar-refractivity contribution in [3.05, 3.63) is 54.1 Å². The van der Waals surface area contributed by atoms with Crippen LogP contribution in [0.15, 0.2) is 48.5 Å². The predicted molar refractivity (Wildman–Crippen MR) is 89.0 cm³/mol. The molecule has 0 atom stereocenters. The Morgan fingerprint density at radius 3 is 1.59 bits per heavy atom. The maximum Gasteiger partial charge on any atom is 0.119 e. The lowest BCUT2D eigenvalue weighted by molar-refractivity contribution is 0.266. The van der Waals surface area contributed by atoms with Gasteiger partial charge in [0.05, 0.1) is 20.3 Å². The smallest absolute Gasteiger partial charge is 0.119 e. The second-order valence-electron chi connectivity index (χ2n) is 5.08. The van der Waals surface area contributed by atoms with Crippen LogP contribution < -0.4 is 14.2 Å². The first-order valence-electron chi connectivity index (χ1n) is 7.80. The van der Waals surface area contributed by atoms with E-state index in [1.165, 1.54) is 5.56 Å². The molecule has 0 fully saturated rings. The topological polar surface area (TPSA) is 27.7 Å². The van der Waals surface area contributed by atoms with E-state index in [-0.39, 0.29) is 0 Å². The van der Waals surface area contributed by atoms with E-state index in [0.29, 0.717) is 6.61 Å². The van der Waals surface area contributed by atoms with Crippen LogP contribution in [0.1, 0.15) is 25.3 Å². The zero-order valence-corrected chi connectivity index (χ0v) is 13.4. The van der Waals surface area contributed by atoms with E-state index >= 15 is 0 Å². The minimum atomic E-state index is 0.699. The van der Waals surface area contributed by atoms with Gasteiger partial charge >= 0.3 is 0 Å². The van der Waals surface area contributed by atoms with Gasteiger partial charge in [-0.25, -0.2) is 0 Å². The molecule has 0 radical (unpaired) electrons. The van der Waals surface area contributed by atoms with Gasteiger partial charge in [0.15, 0.2) is 0 Å². The van der Waals surface area contributed by atoms with Crippen LogP contribution in [-0.4, -0.2) is 20.3 Å². The van der Waals surface area contributed by atoms with Gasteiger partial charge in [0.1, 0.15) is 17.2 Å². The normalized spacial score (nSPS) is 10.3. The number of hydrogen-bond donors (Lipinski definition) is 0. The molecule has 2 aromatic rings. The van der Waals surface area contributed by atoms with Crippen molar-refractivity contribution in [3.8, 4) is 17.2 Å². The molecule has 0 spiro atoms. The van der Waals surface area contributed by atoms with Gasteiger partial charge in [-0.15, -0.1) is 0 Å². The molecule has 0 bridgehead atoms. The van der Waals surface area contributed by atoms with Crippen molar-refractivity contribution in [2.75, 3.05) is 20.3 Å². The fourth-order valence-electron chi connectivity index (χ4n) is 2.08. The molecule has 118 valence electrons. The summed E-state index contributed by atoms with van der Waals surface area (Å²) < 4.78 is 16.5. The number of ether oxygens (including phenoxy) is 3. The number of rotatable bonds is 9. The third-order valence-corrected chi connectivity index (χ3v) is 3.47. The molecule has 0 saturated carbocycles. The zero-order chi connectivity index (χ0) is 15.6. The molecule has 22 heavy (non-hydrogen) atoms. The standard InChI is InChI=1S/C19H24O3/c1-3-16-6-8-18(9-7-16)21-14-4-5-15-22-19-12-10-17(20-2)11-13-19/h6-13H,3-5,14-15H2,1-2H3. The zero-order valence-electron chi connectivity index (χ0n) is 13.4. The quantitative estimate of drug-likeness (QED) is 0.638. The highest BCUT2D eigenvalue weighted by atomic mass is 16.5. The van der Waals surface area contributed by atoms with Crippen molar-refractivity contribution >= 4 is 0 Å². The van der Waals surface area contributed by atoms with E-state index in [0.717, 1.165) is 43.1 Å². The van der Waals surface area contributed by atoms with Gasteiger partial charge < -0.3 is 14.2 Å². The van der Waals surface area contributed by atoms with Crippen molar-refractivity contribution in [2.24, 2.45) is 0 Å². The second-order valence-corrected chi connectivity index (χ2v) is 5.08. The summed E-state index contributed by atoms with van der Waals surface area (Å²) in [4.78, 5) is 0. The molecule has 0 N–H and O–H groups in total. The first-order chi connectivity index (χ1) is 10.8. The van der Waals surface area contributed by atoms with Gasteiger partial charge in [0.2, 0.25) is 0 Å². The van der Waals surface area contributed by atoms with Crippen LogP contribution in [0.25, 0.3) is 0 Å². The summed E-state index contributed by atoms with van der Waals surface area (Å²) in [7, 11) is 1.66. The van der Waals surface area contributed by atoms with Crippen molar-refractivity contribution in [1.82, 2.24) is 0 Å². The van der Waals surface area contributed by atoms with Crippen LogP contribution in [0.3, 0.4) is 0 Å². The predicted octanol–water partition coefficient (Wildman–Crippen LogP) is 4.50. The Kier molecular flexibility index (Phi) is 6.62. The molecular weight excluding hydrogens is 276 g/mol. The third kappa shape index (κ3) is 5.32. The van der Waals surface area contributed by atoms with Gasteiger partial charge in [0.25, 0.3) is 0 Å². The molecule has 0 aromatic heterocycles. The number of aryl methyl sites for hydroxylation is 1. The van der Waals surface area contributed by atoms with E-state index in [1.807, 2.05) is 36.4 Å². The molecule has 2 aromatic carbocycles. The van der Waals surface area contributed by atoms with Gasteiger partial charge in [-0.3, -0.25) is 0 Å². The molecule has 2 rings (SSSR count). The summed E-state index contributed by atoms with van der Waals surface area (Å²) in [6, 6.07) is 15.9. The lowest BCUT2D eigenvalue weighted by Crippen LogP contribution is -2.02. The van der Waals surface area contributed by atoms with E-state index in [9.17, 15) is 0 Å². The van der Waals surface area contributed by atoms with Gasteiger partial charge in [0, 0.05) is 0 Å². The molecule has 0 aliphatic carbocycles. The fourth-order valence-corrected chi connectivity index (χ4v) is 2.08. The van der Waals surface area contributed by atoms with Crippen LogP contribution >= 0.6 is 0 Å². The highest BCUT2D eigenvalue weighted by Gasteiger charge is 1.97. The van der Waals surface area contributed by atoms with Crippen molar-refractivity contribution < 1.29 is 14.2 Å². The second kappa shape index (κ2) is 8.98. The molecular formula is C19H24O3. The summed E-state index contributed by atoms with van der Waals surface area (Å²) >= 11 is 0.